The van der Waals surface area contributed by atoms with Crippen LogP contribution in [0.15, 0.2) is 18.2 Å². The number of fused-ring (bicyclic) bond motifs is 1. The molecule has 2 aliphatic heterocycles. The molecule has 0 spiro atoms. The Labute approximate surface area is 110 Å². The molecule has 1 aromatic rings. The first-order valence-corrected chi connectivity index (χ1v) is 7.22. The molecule has 1 fully saturated rings. The third kappa shape index (κ3) is 2.03. The number of benzene rings is 1. The summed E-state index contributed by atoms with van der Waals surface area (Å²) in [7, 11) is 2.19. The van der Waals surface area contributed by atoms with Crippen LogP contribution in [0.25, 0.3) is 0 Å². The third-order valence-electron chi connectivity index (χ3n) is 4.67. The fourth-order valence-electron chi connectivity index (χ4n) is 3.37. The molecule has 18 heavy (non-hydrogen) atoms. The van der Waals surface area contributed by atoms with E-state index in [4.69, 9.17) is 0 Å². The molecule has 1 saturated heterocycles. The van der Waals surface area contributed by atoms with Crippen molar-refractivity contribution in [2.24, 2.45) is 5.92 Å². The lowest BCUT2D eigenvalue weighted by Gasteiger charge is -2.16. The van der Waals surface area contributed by atoms with E-state index in [9.17, 15) is 0 Å². The van der Waals surface area contributed by atoms with Gasteiger partial charge in [0.25, 0.3) is 0 Å². The summed E-state index contributed by atoms with van der Waals surface area (Å²) < 4.78 is 0. The highest BCUT2D eigenvalue weighted by Crippen LogP contribution is 2.33. The average molecular weight is 244 g/mol. The highest BCUT2D eigenvalue weighted by molar-refractivity contribution is 5.58. The molecule has 0 aliphatic carbocycles. The van der Waals surface area contributed by atoms with Crippen LogP contribution in [0, 0.1) is 5.92 Å². The summed E-state index contributed by atoms with van der Waals surface area (Å²) in [5.74, 6) is 1.46. The van der Waals surface area contributed by atoms with Gasteiger partial charge in [-0.1, -0.05) is 26.0 Å². The zero-order valence-corrected chi connectivity index (χ0v) is 11.7. The maximum atomic E-state index is 3.67. The lowest BCUT2D eigenvalue weighted by molar-refractivity contribution is 0.449. The molecular formula is C16H24N2. The maximum absolute atomic E-state index is 3.67. The van der Waals surface area contributed by atoms with Gasteiger partial charge in [0.05, 0.1) is 0 Å². The van der Waals surface area contributed by atoms with Crippen LogP contribution in [-0.2, 0) is 6.42 Å². The van der Waals surface area contributed by atoms with Gasteiger partial charge in [0, 0.05) is 31.9 Å². The SMILES string of the molecule is CC(C)C1CC(c2ccc3c(c2)CCN3C)CN1. The van der Waals surface area contributed by atoms with Crippen molar-refractivity contribution in [3.63, 3.8) is 0 Å². The van der Waals surface area contributed by atoms with Crippen LogP contribution in [0.3, 0.4) is 0 Å². The summed E-state index contributed by atoms with van der Waals surface area (Å²) in [6, 6.07) is 7.81. The third-order valence-corrected chi connectivity index (χ3v) is 4.67. The van der Waals surface area contributed by atoms with Crippen molar-refractivity contribution >= 4 is 5.69 Å². The first-order chi connectivity index (χ1) is 8.65. The van der Waals surface area contributed by atoms with Gasteiger partial charge in [-0.2, -0.15) is 0 Å². The van der Waals surface area contributed by atoms with Gasteiger partial charge in [0.2, 0.25) is 0 Å². The monoisotopic (exact) mass is 244 g/mol. The number of likely N-dealkylation sites (N-methyl/N-ethyl adjacent to an activating group) is 1. The fraction of sp³-hybridized carbons (Fsp3) is 0.625. The van der Waals surface area contributed by atoms with Gasteiger partial charge in [-0.25, -0.2) is 0 Å². The molecule has 1 N–H and O–H groups in total. The Morgan fingerprint density at radius 3 is 2.89 bits per heavy atom. The molecule has 2 aliphatic rings. The van der Waals surface area contributed by atoms with Crippen LogP contribution in [0.4, 0.5) is 5.69 Å². The van der Waals surface area contributed by atoms with Crippen LogP contribution in [0.2, 0.25) is 0 Å². The quantitative estimate of drug-likeness (QED) is 0.860. The second-order valence-electron chi connectivity index (χ2n) is 6.25. The molecule has 0 radical (unpaired) electrons. The average Bonchev–Trinajstić information content (AvgIpc) is 2.96. The Kier molecular flexibility index (Phi) is 3.06. The molecule has 2 nitrogen and oxygen atoms in total. The van der Waals surface area contributed by atoms with Gasteiger partial charge in [0.15, 0.2) is 0 Å². The predicted octanol–water partition coefficient (Wildman–Crippen LogP) is 2.78. The van der Waals surface area contributed by atoms with E-state index in [2.05, 4.69) is 49.3 Å². The number of hydrogen-bond acceptors (Lipinski definition) is 2. The smallest absolute Gasteiger partial charge is 0.0397 e. The topological polar surface area (TPSA) is 15.3 Å². The molecule has 0 amide bonds. The van der Waals surface area contributed by atoms with Crippen molar-refractivity contribution in [1.82, 2.24) is 5.32 Å². The molecule has 0 saturated carbocycles. The number of nitrogens with zero attached hydrogens (tertiary/aromatic N) is 1. The standard InChI is InChI=1S/C16H24N2/c1-11(2)15-9-14(10-17-15)12-4-5-16-13(8-12)6-7-18(16)3/h4-5,8,11,14-15,17H,6-7,9-10H2,1-3H3. The maximum Gasteiger partial charge on any atom is 0.0397 e. The van der Waals surface area contributed by atoms with Gasteiger partial charge >= 0.3 is 0 Å². The molecule has 1 aromatic carbocycles. The van der Waals surface area contributed by atoms with E-state index in [-0.39, 0.29) is 0 Å². The lowest BCUT2D eigenvalue weighted by atomic mass is 9.91. The highest BCUT2D eigenvalue weighted by Gasteiger charge is 2.28. The van der Waals surface area contributed by atoms with Crippen LogP contribution >= 0.6 is 0 Å². The van der Waals surface area contributed by atoms with E-state index < -0.39 is 0 Å². The molecular weight excluding hydrogens is 220 g/mol. The molecule has 2 unspecified atom stereocenters. The summed E-state index contributed by atoms with van der Waals surface area (Å²) in [6.07, 6.45) is 2.51. The van der Waals surface area contributed by atoms with Crippen LogP contribution in [0.5, 0.6) is 0 Å². The van der Waals surface area contributed by atoms with Crippen molar-refractivity contribution in [2.75, 3.05) is 25.0 Å². The Morgan fingerprint density at radius 1 is 1.33 bits per heavy atom. The normalized spacial score (nSPS) is 27.0. The number of hydrogen-bond donors (Lipinski definition) is 1. The van der Waals surface area contributed by atoms with Crippen LogP contribution < -0.4 is 10.2 Å². The minimum absolute atomic E-state index is 0.700. The molecule has 0 bridgehead atoms. The first kappa shape index (κ1) is 12.0. The summed E-state index contributed by atoms with van der Waals surface area (Å²) >= 11 is 0. The lowest BCUT2D eigenvalue weighted by Crippen LogP contribution is -2.26. The number of nitrogens with one attached hydrogen (secondary N) is 1. The van der Waals surface area contributed by atoms with Crippen molar-refractivity contribution in [2.45, 2.75) is 38.6 Å². The molecule has 2 atom stereocenters. The minimum Gasteiger partial charge on any atom is -0.374 e. The fourth-order valence-corrected chi connectivity index (χ4v) is 3.37. The van der Waals surface area contributed by atoms with Crippen molar-refractivity contribution in [3.8, 4) is 0 Å². The Morgan fingerprint density at radius 2 is 2.17 bits per heavy atom. The van der Waals surface area contributed by atoms with Gasteiger partial charge in [0.1, 0.15) is 0 Å². The zero-order valence-electron chi connectivity index (χ0n) is 11.7. The molecule has 98 valence electrons. The zero-order chi connectivity index (χ0) is 12.7. The summed E-state index contributed by atoms with van der Waals surface area (Å²) in [5.41, 5.74) is 4.52. The number of rotatable bonds is 2. The summed E-state index contributed by atoms with van der Waals surface area (Å²) in [6.45, 7) is 6.96. The van der Waals surface area contributed by atoms with E-state index >= 15 is 0 Å². The van der Waals surface area contributed by atoms with Crippen LogP contribution in [0.1, 0.15) is 37.3 Å². The highest BCUT2D eigenvalue weighted by atomic mass is 15.1. The predicted molar refractivity (Wildman–Crippen MR) is 77.4 cm³/mol. The molecule has 2 heterocycles. The van der Waals surface area contributed by atoms with Gasteiger partial charge in [-0.3, -0.25) is 0 Å². The van der Waals surface area contributed by atoms with E-state index in [0.717, 1.165) is 12.5 Å². The van der Waals surface area contributed by atoms with Gasteiger partial charge < -0.3 is 10.2 Å². The van der Waals surface area contributed by atoms with Crippen molar-refractivity contribution in [1.29, 1.82) is 0 Å². The van der Waals surface area contributed by atoms with Gasteiger partial charge in [-0.05, 0) is 41.9 Å². The summed E-state index contributed by atoms with van der Waals surface area (Å²) in [5, 5.41) is 3.67. The molecule has 3 rings (SSSR count). The minimum atomic E-state index is 0.700. The Hall–Kier alpha value is -1.02. The molecule has 0 aromatic heterocycles. The van der Waals surface area contributed by atoms with Crippen molar-refractivity contribution in [3.05, 3.63) is 29.3 Å². The second kappa shape index (κ2) is 4.58. The van der Waals surface area contributed by atoms with Gasteiger partial charge in [-0.15, -0.1) is 0 Å². The summed E-state index contributed by atoms with van der Waals surface area (Å²) in [4.78, 5) is 2.36. The van der Waals surface area contributed by atoms with E-state index in [1.54, 1.807) is 11.1 Å². The second-order valence-corrected chi connectivity index (χ2v) is 6.25. The van der Waals surface area contributed by atoms with E-state index in [1.807, 2.05) is 0 Å². The van der Waals surface area contributed by atoms with Crippen LogP contribution in [-0.4, -0.2) is 26.2 Å². The molecule has 2 heteroatoms. The van der Waals surface area contributed by atoms with Crippen molar-refractivity contribution < 1.29 is 0 Å². The largest absolute Gasteiger partial charge is 0.374 e. The van der Waals surface area contributed by atoms with E-state index in [1.165, 1.54) is 25.1 Å². The first-order valence-electron chi connectivity index (χ1n) is 7.22. The Bertz CT molecular complexity index is 439. The Balaban J connectivity index is 1.78. The van der Waals surface area contributed by atoms with E-state index in [0.29, 0.717) is 12.0 Å². The number of anilines is 1.